The summed E-state index contributed by atoms with van der Waals surface area (Å²) in [5.41, 5.74) is 1.36. The third kappa shape index (κ3) is 5.11. The van der Waals surface area contributed by atoms with Gasteiger partial charge in [-0.1, -0.05) is 65.0 Å². The van der Waals surface area contributed by atoms with Crippen molar-refractivity contribution in [3.05, 3.63) is 32.7 Å². The Labute approximate surface area is 122 Å². The Morgan fingerprint density at radius 3 is 2.59 bits per heavy atom. The average molecular weight is 363 g/mol. The Hall–Kier alpha value is 0.140. The van der Waals surface area contributed by atoms with Crippen LogP contribution in [0, 0.1) is 0 Å². The lowest BCUT2D eigenvalue weighted by atomic mass is 10.0. The second kappa shape index (κ2) is 8.28. The maximum Gasteiger partial charge on any atom is 0.0331 e. The fourth-order valence-electron chi connectivity index (χ4n) is 1.99. The van der Waals surface area contributed by atoms with Gasteiger partial charge in [0.15, 0.2) is 0 Å². The first-order valence-corrected chi connectivity index (χ1v) is 7.96. The summed E-state index contributed by atoms with van der Waals surface area (Å²) < 4.78 is 2.34. The van der Waals surface area contributed by atoms with E-state index in [4.69, 9.17) is 0 Å². The van der Waals surface area contributed by atoms with Crippen LogP contribution >= 0.6 is 31.9 Å². The average Bonchev–Trinajstić information content (AvgIpc) is 2.32. The van der Waals surface area contributed by atoms with Crippen LogP contribution < -0.4 is 5.32 Å². The predicted octanol–water partition coefficient (Wildman–Crippen LogP) is 5.44. The lowest BCUT2D eigenvalue weighted by Gasteiger charge is -2.20. The quantitative estimate of drug-likeness (QED) is 0.636. The second-order valence-electron chi connectivity index (χ2n) is 4.27. The molecule has 0 aliphatic carbocycles. The monoisotopic (exact) mass is 361 g/mol. The summed E-state index contributed by atoms with van der Waals surface area (Å²) in [7, 11) is 0. The van der Waals surface area contributed by atoms with Gasteiger partial charge in [-0.15, -0.1) is 0 Å². The Morgan fingerprint density at radius 1 is 1.18 bits per heavy atom. The fourth-order valence-corrected chi connectivity index (χ4v) is 2.90. The molecule has 1 atom stereocenters. The molecule has 3 heteroatoms. The van der Waals surface area contributed by atoms with Gasteiger partial charge in [0, 0.05) is 15.0 Å². The van der Waals surface area contributed by atoms with Gasteiger partial charge in [-0.2, -0.15) is 0 Å². The number of hydrogen-bond donors (Lipinski definition) is 1. The van der Waals surface area contributed by atoms with Crippen molar-refractivity contribution in [3.8, 4) is 0 Å². The van der Waals surface area contributed by atoms with Gasteiger partial charge in [-0.3, -0.25) is 0 Å². The van der Waals surface area contributed by atoms with E-state index < -0.39 is 0 Å². The van der Waals surface area contributed by atoms with E-state index in [0.29, 0.717) is 6.04 Å². The SMILES string of the molecule is CCCCCC(NCC)c1cc(Br)ccc1Br. The molecule has 0 aliphatic rings. The van der Waals surface area contributed by atoms with E-state index >= 15 is 0 Å². The van der Waals surface area contributed by atoms with Crippen molar-refractivity contribution in [2.24, 2.45) is 0 Å². The Morgan fingerprint density at radius 2 is 1.94 bits per heavy atom. The van der Waals surface area contributed by atoms with Gasteiger partial charge in [0.25, 0.3) is 0 Å². The number of halogens is 2. The molecule has 17 heavy (non-hydrogen) atoms. The third-order valence-electron chi connectivity index (χ3n) is 2.88. The number of nitrogens with one attached hydrogen (secondary N) is 1. The summed E-state index contributed by atoms with van der Waals surface area (Å²) in [6.45, 7) is 5.42. The predicted molar refractivity (Wildman–Crippen MR) is 82.4 cm³/mol. The smallest absolute Gasteiger partial charge is 0.0331 e. The molecule has 0 aromatic heterocycles. The molecule has 1 rings (SSSR count). The molecule has 0 saturated carbocycles. The van der Waals surface area contributed by atoms with Gasteiger partial charge in [0.05, 0.1) is 0 Å². The van der Waals surface area contributed by atoms with Crippen LogP contribution in [0.5, 0.6) is 0 Å². The van der Waals surface area contributed by atoms with Crippen LogP contribution in [0.15, 0.2) is 27.1 Å². The molecule has 96 valence electrons. The van der Waals surface area contributed by atoms with Crippen LogP contribution in [0.3, 0.4) is 0 Å². The van der Waals surface area contributed by atoms with Gasteiger partial charge in [-0.25, -0.2) is 0 Å². The molecular formula is C14H21Br2N. The molecule has 0 aliphatic heterocycles. The minimum Gasteiger partial charge on any atom is -0.310 e. The highest BCUT2D eigenvalue weighted by atomic mass is 79.9. The Kier molecular flexibility index (Phi) is 7.40. The lowest BCUT2D eigenvalue weighted by molar-refractivity contribution is 0.485. The first kappa shape index (κ1) is 15.2. The summed E-state index contributed by atoms with van der Waals surface area (Å²) in [6, 6.07) is 6.86. The highest BCUT2D eigenvalue weighted by Gasteiger charge is 2.13. The lowest BCUT2D eigenvalue weighted by Crippen LogP contribution is -2.21. The van der Waals surface area contributed by atoms with Gasteiger partial charge in [0.2, 0.25) is 0 Å². The van der Waals surface area contributed by atoms with Crippen LogP contribution in [0.1, 0.15) is 51.1 Å². The van der Waals surface area contributed by atoms with E-state index in [-0.39, 0.29) is 0 Å². The molecule has 1 aromatic carbocycles. The second-order valence-corrected chi connectivity index (χ2v) is 6.04. The normalized spacial score (nSPS) is 12.7. The largest absolute Gasteiger partial charge is 0.310 e. The maximum absolute atomic E-state index is 3.65. The molecule has 0 spiro atoms. The number of benzene rings is 1. The number of unbranched alkanes of at least 4 members (excludes halogenated alkanes) is 2. The Bertz CT molecular complexity index is 339. The van der Waals surface area contributed by atoms with Crippen molar-refractivity contribution in [1.29, 1.82) is 0 Å². The molecule has 1 nitrogen and oxygen atoms in total. The molecule has 0 saturated heterocycles. The van der Waals surface area contributed by atoms with Crippen molar-refractivity contribution >= 4 is 31.9 Å². The molecule has 0 fully saturated rings. The van der Waals surface area contributed by atoms with E-state index in [1.54, 1.807) is 0 Å². The van der Waals surface area contributed by atoms with E-state index in [2.05, 4.69) is 69.2 Å². The van der Waals surface area contributed by atoms with Gasteiger partial charge < -0.3 is 5.32 Å². The van der Waals surface area contributed by atoms with Crippen LogP contribution in [0.2, 0.25) is 0 Å². The van der Waals surface area contributed by atoms with E-state index in [1.165, 1.54) is 35.7 Å². The summed E-state index contributed by atoms with van der Waals surface area (Å²) in [5, 5.41) is 3.58. The van der Waals surface area contributed by atoms with Crippen molar-refractivity contribution in [2.45, 2.75) is 45.6 Å². The number of hydrogen-bond acceptors (Lipinski definition) is 1. The third-order valence-corrected chi connectivity index (χ3v) is 4.10. The van der Waals surface area contributed by atoms with E-state index in [1.807, 2.05) is 0 Å². The molecule has 0 bridgehead atoms. The summed E-state index contributed by atoms with van der Waals surface area (Å²) in [6.07, 6.45) is 5.08. The first-order valence-electron chi connectivity index (χ1n) is 6.37. The zero-order valence-corrected chi connectivity index (χ0v) is 13.8. The molecule has 1 N–H and O–H groups in total. The number of rotatable bonds is 7. The zero-order chi connectivity index (χ0) is 12.7. The van der Waals surface area contributed by atoms with Crippen LogP contribution in [-0.2, 0) is 0 Å². The van der Waals surface area contributed by atoms with E-state index in [9.17, 15) is 0 Å². The van der Waals surface area contributed by atoms with Gasteiger partial charge in [0.1, 0.15) is 0 Å². The topological polar surface area (TPSA) is 12.0 Å². The molecule has 1 aromatic rings. The van der Waals surface area contributed by atoms with Crippen LogP contribution in [0.4, 0.5) is 0 Å². The summed E-state index contributed by atoms with van der Waals surface area (Å²) in [5.74, 6) is 0. The molecule has 0 heterocycles. The van der Waals surface area contributed by atoms with Crippen LogP contribution in [-0.4, -0.2) is 6.54 Å². The van der Waals surface area contributed by atoms with E-state index in [0.717, 1.165) is 11.0 Å². The van der Waals surface area contributed by atoms with Crippen LogP contribution in [0.25, 0.3) is 0 Å². The Balaban J connectivity index is 2.77. The molecule has 0 radical (unpaired) electrons. The fraction of sp³-hybridized carbons (Fsp3) is 0.571. The molecular weight excluding hydrogens is 342 g/mol. The first-order chi connectivity index (χ1) is 8.19. The van der Waals surface area contributed by atoms with Crippen molar-refractivity contribution in [3.63, 3.8) is 0 Å². The maximum atomic E-state index is 3.65. The molecule has 0 amide bonds. The summed E-state index contributed by atoms with van der Waals surface area (Å²) in [4.78, 5) is 0. The van der Waals surface area contributed by atoms with Gasteiger partial charge in [-0.05, 0) is 36.7 Å². The van der Waals surface area contributed by atoms with Crippen molar-refractivity contribution in [1.82, 2.24) is 5.32 Å². The van der Waals surface area contributed by atoms with Crippen molar-refractivity contribution in [2.75, 3.05) is 6.54 Å². The minimum absolute atomic E-state index is 0.457. The van der Waals surface area contributed by atoms with Crippen molar-refractivity contribution < 1.29 is 0 Å². The standard InChI is InChI=1S/C14H21Br2N/c1-3-5-6-7-14(17-4-2)12-10-11(15)8-9-13(12)16/h8-10,14,17H,3-7H2,1-2H3. The summed E-state index contributed by atoms with van der Waals surface area (Å²) >= 11 is 7.20. The van der Waals surface area contributed by atoms with Gasteiger partial charge >= 0.3 is 0 Å². The highest BCUT2D eigenvalue weighted by Crippen LogP contribution is 2.29. The highest BCUT2D eigenvalue weighted by molar-refractivity contribution is 9.11. The minimum atomic E-state index is 0.457. The molecule has 1 unspecified atom stereocenters. The zero-order valence-electron chi connectivity index (χ0n) is 10.6.